The number of aryl methyl sites for hydroxylation is 1. The molecule has 3 heterocycles. The molecule has 39 heavy (non-hydrogen) atoms. The summed E-state index contributed by atoms with van der Waals surface area (Å²) < 4.78 is 75.6. The number of hydrogen-bond donors (Lipinski definition) is 2. The maximum Gasteiger partial charge on any atom is 0.490 e. The summed E-state index contributed by atoms with van der Waals surface area (Å²) in [6.45, 7) is 7.38. The van der Waals surface area contributed by atoms with Gasteiger partial charge in [0, 0.05) is 38.4 Å². The molecule has 1 spiro atoms. The fourth-order valence-corrected chi connectivity index (χ4v) is 4.05. The van der Waals surface area contributed by atoms with E-state index < -0.39 is 24.3 Å². The van der Waals surface area contributed by atoms with Gasteiger partial charge in [-0.15, -0.1) is 0 Å². The highest BCUT2D eigenvalue weighted by molar-refractivity contribution is 5.73. The van der Waals surface area contributed by atoms with Crippen LogP contribution >= 0.6 is 0 Å². The molecule has 2 aromatic rings. The molecule has 14 heteroatoms. The molecule has 4 rings (SSSR count). The molecule has 2 fully saturated rings. The van der Waals surface area contributed by atoms with Crippen molar-refractivity contribution in [3.05, 3.63) is 65.5 Å². The minimum Gasteiger partial charge on any atom is -0.475 e. The van der Waals surface area contributed by atoms with Gasteiger partial charge in [0.1, 0.15) is 0 Å². The Morgan fingerprint density at radius 3 is 2.18 bits per heavy atom. The quantitative estimate of drug-likeness (QED) is 0.494. The monoisotopic (exact) mass is 566 g/mol. The third kappa shape index (κ3) is 10.5. The summed E-state index contributed by atoms with van der Waals surface area (Å²) in [4.78, 5) is 24.6. The largest absolute Gasteiger partial charge is 0.490 e. The highest BCUT2D eigenvalue weighted by atomic mass is 19.4. The molecule has 1 atom stereocenters. The minimum atomic E-state index is -5.08. The fourth-order valence-electron chi connectivity index (χ4n) is 4.05. The zero-order valence-electron chi connectivity index (χ0n) is 20.8. The summed E-state index contributed by atoms with van der Waals surface area (Å²) in [5.41, 5.74) is 3.71. The molecule has 2 saturated heterocycles. The number of nitrogens with zero attached hydrogens (tertiary/aromatic N) is 2. The SMILES string of the molecule is Cc1cccc(CN2CC3(C2)OCCC3COCc2ccccn2)c1.O=C(O)C(F)(F)F.O=C(O)C(F)(F)F. The van der Waals surface area contributed by atoms with E-state index in [2.05, 4.69) is 41.1 Å². The Kier molecular flexibility index (Phi) is 11.2. The topological polar surface area (TPSA) is 109 Å². The van der Waals surface area contributed by atoms with Gasteiger partial charge in [-0.3, -0.25) is 9.88 Å². The third-order valence-electron chi connectivity index (χ3n) is 5.85. The standard InChI is InChI=1S/C21H26N2O2.2C2HF3O2/c1-17-5-4-6-18(11-17)12-23-15-21(16-23)19(8-10-25-21)13-24-14-20-7-2-3-9-22-20;2*3-2(4,5)1(6)7/h2-7,9,11,19H,8,10,12-16H2,1H3;2*(H,6,7). The average Bonchev–Trinajstić information content (AvgIpc) is 3.23. The number of hydrogen-bond acceptors (Lipinski definition) is 6. The van der Waals surface area contributed by atoms with Crippen LogP contribution in [0.2, 0.25) is 0 Å². The predicted octanol–water partition coefficient (Wildman–Crippen LogP) is 4.46. The zero-order chi connectivity index (χ0) is 29.3. The Balaban J connectivity index is 0.000000317. The van der Waals surface area contributed by atoms with Crippen molar-refractivity contribution in [3.8, 4) is 0 Å². The van der Waals surface area contributed by atoms with Crippen LogP contribution in [0.3, 0.4) is 0 Å². The van der Waals surface area contributed by atoms with Crippen molar-refractivity contribution in [3.63, 3.8) is 0 Å². The van der Waals surface area contributed by atoms with Crippen molar-refractivity contribution < 1.29 is 55.6 Å². The second-order valence-electron chi connectivity index (χ2n) is 8.98. The predicted molar refractivity (Wildman–Crippen MR) is 125 cm³/mol. The van der Waals surface area contributed by atoms with Crippen molar-refractivity contribution in [1.82, 2.24) is 9.88 Å². The minimum absolute atomic E-state index is 0.00788. The molecule has 0 radical (unpaired) electrons. The van der Waals surface area contributed by atoms with Gasteiger partial charge in [-0.25, -0.2) is 9.59 Å². The van der Waals surface area contributed by atoms with E-state index in [1.54, 1.807) is 0 Å². The smallest absolute Gasteiger partial charge is 0.475 e. The second kappa shape index (κ2) is 13.7. The van der Waals surface area contributed by atoms with Gasteiger partial charge in [-0.05, 0) is 31.0 Å². The van der Waals surface area contributed by atoms with Gasteiger partial charge in [0.15, 0.2) is 0 Å². The molecule has 0 amide bonds. The lowest BCUT2D eigenvalue weighted by atomic mass is 9.81. The van der Waals surface area contributed by atoms with E-state index in [4.69, 9.17) is 29.3 Å². The normalized spacial score (nSPS) is 18.3. The number of carbonyl (C=O) groups is 2. The maximum atomic E-state index is 10.6. The number of benzene rings is 1. The number of alkyl halides is 6. The van der Waals surface area contributed by atoms with Gasteiger partial charge in [0.25, 0.3) is 0 Å². The lowest BCUT2D eigenvalue weighted by Crippen LogP contribution is -2.64. The number of carboxylic acids is 2. The van der Waals surface area contributed by atoms with Crippen LogP contribution in [0, 0.1) is 12.8 Å². The van der Waals surface area contributed by atoms with E-state index in [1.807, 2.05) is 24.4 Å². The van der Waals surface area contributed by atoms with Crippen LogP contribution in [0.1, 0.15) is 23.2 Å². The van der Waals surface area contributed by atoms with Crippen LogP contribution in [-0.4, -0.2) is 76.3 Å². The van der Waals surface area contributed by atoms with E-state index in [1.165, 1.54) is 11.1 Å². The Morgan fingerprint density at radius 2 is 1.67 bits per heavy atom. The summed E-state index contributed by atoms with van der Waals surface area (Å²) in [5.74, 6) is -5.02. The summed E-state index contributed by atoms with van der Waals surface area (Å²) in [7, 11) is 0. The van der Waals surface area contributed by atoms with E-state index in [0.29, 0.717) is 12.5 Å². The molecule has 1 aromatic carbocycles. The zero-order valence-corrected chi connectivity index (χ0v) is 20.8. The van der Waals surface area contributed by atoms with Crippen LogP contribution in [0.4, 0.5) is 26.3 Å². The van der Waals surface area contributed by atoms with Crippen molar-refractivity contribution in [2.24, 2.45) is 5.92 Å². The van der Waals surface area contributed by atoms with Crippen molar-refractivity contribution in [2.45, 2.75) is 44.4 Å². The second-order valence-corrected chi connectivity index (χ2v) is 8.98. The molecular weight excluding hydrogens is 538 g/mol. The molecule has 1 unspecified atom stereocenters. The first-order chi connectivity index (χ1) is 18.1. The van der Waals surface area contributed by atoms with E-state index in [-0.39, 0.29) is 5.60 Å². The molecule has 216 valence electrons. The Hall–Kier alpha value is -3.23. The summed E-state index contributed by atoms with van der Waals surface area (Å²) in [6, 6.07) is 14.7. The lowest BCUT2D eigenvalue weighted by Gasteiger charge is -2.50. The molecule has 1 aromatic heterocycles. The summed E-state index contributed by atoms with van der Waals surface area (Å²) in [6.07, 6.45) is -7.26. The summed E-state index contributed by atoms with van der Waals surface area (Å²) >= 11 is 0. The van der Waals surface area contributed by atoms with Gasteiger partial charge >= 0.3 is 24.3 Å². The number of pyridine rings is 1. The maximum absolute atomic E-state index is 10.6. The molecule has 0 saturated carbocycles. The fraction of sp³-hybridized carbons (Fsp3) is 0.480. The Bertz CT molecular complexity index is 1050. The molecule has 2 N–H and O–H groups in total. The van der Waals surface area contributed by atoms with Crippen LogP contribution in [0.25, 0.3) is 0 Å². The number of aliphatic carboxylic acids is 2. The van der Waals surface area contributed by atoms with E-state index >= 15 is 0 Å². The van der Waals surface area contributed by atoms with Crippen molar-refractivity contribution in [1.29, 1.82) is 0 Å². The number of carboxylic acid groups (broad SMARTS) is 2. The molecule has 2 aliphatic rings. The van der Waals surface area contributed by atoms with Gasteiger partial charge in [0.05, 0.1) is 24.5 Å². The van der Waals surface area contributed by atoms with Crippen LogP contribution in [-0.2, 0) is 32.2 Å². The van der Waals surface area contributed by atoms with Gasteiger partial charge in [-0.2, -0.15) is 26.3 Å². The first kappa shape index (κ1) is 32.0. The van der Waals surface area contributed by atoms with E-state index in [0.717, 1.165) is 45.0 Å². The summed E-state index contributed by atoms with van der Waals surface area (Å²) in [5, 5.41) is 14.2. The highest BCUT2D eigenvalue weighted by Gasteiger charge is 2.52. The van der Waals surface area contributed by atoms with E-state index in [9.17, 15) is 26.3 Å². The first-order valence-electron chi connectivity index (χ1n) is 11.6. The number of aromatic nitrogens is 1. The molecule has 0 aliphatic carbocycles. The van der Waals surface area contributed by atoms with Crippen LogP contribution in [0.5, 0.6) is 0 Å². The van der Waals surface area contributed by atoms with Crippen molar-refractivity contribution >= 4 is 11.9 Å². The third-order valence-corrected chi connectivity index (χ3v) is 5.85. The Morgan fingerprint density at radius 1 is 1.05 bits per heavy atom. The van der Waals surface area contributed by atoms with Gasteiger partial charge < -0.3 is 19.7 Å². The van der Waals surface area contributed by atoms with Gasteiger partial charge in [-0.1, -0.05) is 35.9 Å². The van der Waals surface area contributed by atoms with Crippen molar-refractivity contribution in [2.75, 3.05) is 26.3 Å². The Labute approximate surface area is 220 Å². The number of halogens is 6. The number of rotatable bonds is 6. The highest BCUT2D eigenvalue weighted by Crippen LogP contribution is 2.40. The molecular formula is C25H28F6N2O6. The molecule has 0 bridgehead atoms. The number of likely N-dealkylation sites (tertiary alicyclic amines) is 1. The average molecular weight is 566 g/mol. The van der Waals surface area contributed by atoms with Crippen LogP contribution < -0.4 is 0 Å². The molecule has 2 aliphatic heterocycles. The lowest BCUT2D eigenvalue weighted by molar-refractivity contribution is -0.193. The molecule has 8 nitrogen and oxygen atoms in total. The first-order valence-corrected chi connectivity index (χ1v) is 11.6. The van der Waals surface area contributed by atoms with Crippen LogP contribution in [0.15, 0.2) is 48.7 Å². The number of ether oxygens (including phenoxy) is 2. The van der Waals surface area contributed by atoms with Gasteiger partial charge in [0.2, 0.25) is 0 Å².